The van der Waals surface area contributed by atoms with E-state index in [1.807, 2.05) is 6.92 Å². The van der Waals surface area contributed by atoms with Crippen LogP contribution in [0, 0.1) is 6.92 Å². The zero-order chi connectivity index (χ0) is 11.4. The number of aromatic amines is 1. The van der Waals surface area contributed by atoms with Crippen molar-refractivity contribution < 1.29 is 9.21 Å². The van der Waals surface area contributed by atoms with Crippen LogP contribution in [0.4, 0.5) is 0 Å². The molecule has 5 nitrogen and oxygen atoms in total. The Hall–Kier alpha value is -2.04. The molecule has 84 valence electrons. The predicted octanol–water partition coefficient (Wildman–Crippen LogP) is 1.28. The number of imidazole rings is 1. The number of furan rings is 1. The first-order valence-electron chi connectivity index (χ1n) is 5.07. The molecule has 2 N–H and O–H groups in total. The van der Waals surface area contributed by atoms with Gasteiger partial charge in [0.25, 0.3) is 5.91 Å². The third kappa shape index (κ3) is 2.31. The number of aromatic nitrogens is 2. The number of hydrogen-bond donors (Lipinski definition) is 2. The highest BCUT2D eigenvalue weighted by Crippen LogP contribution is 2.07. The van der Waals surface area contributed by atoms with E-state index >= 15 is 0 Å². The van der Waals surface area contributed by atoms with Crippen molar-refractivity contribution in [1.29, 1.82) is 0 Å². The van der Waals surface area contributed by atoms with Crippen LogP contribution in [0.3, 0.4) is 0 Å². The SMILES string of the molecule is Cc1ccoc1C(=O)NCCc1cnc[nH]1. The van der Waals surface area contributed by atoms with Gasteiger partial charge in [-0.2, -0.15) is 0 Å². The van der Waals surface area contributed by atoms with Crippen molar-refractivity contribution in [2.45, 2.75) is 13.3 Å². The summed E-state index contributed by atoms with van der Waals surface area (Å²) in [6.07, 6.45) is 5.60. The zero-order valence-electron chi connectivity index (χ0n) is 8.99. The summed E-state index contributed by atoms with van der Waals surface area (Å²) in [5.74, 6) is 0.201. The van der Waals surface area contributed by atoms with E-state index < -0.39 is 0 Å². The quantitative estimate of drug-likeness (QED) is 0.813. The van der Waals surface area contributed by atoms with Crippen LogP contribution in [0.5, 0.6) is 0 Å². The Balaban J connectivity index is 1.83. The van der Waals surface area contributed by atoms with Crippen molar-refractivity contribution in [2.24, 2.45) is 0 Å². The van der Waals surface area contributed by atoms with Crippen LogP contribution < -0.4 is 5.32 Å². The minimum Gasteiger partial charge on any atom is -0.459 e. The fourth-order valence-corrected chi connectivity index (χ4v) is 1.42. The van der Waals surface area contributed by atoms with Gasteiger partial charge >= 0.3 is 0 Å². The number of rotatable bonds is 4. The lowest BCUT2D eigenvalue weighted by atomic mass is 10.2. The second kappa shape index (κ2) is 4.65. The zero-order valence-corrected chi connectivity index (χ0v) is 8.99. The molecule has 0 bridgehead atoms. The monoisotopic (exact) mass is 219 g/mol. The number of nitrogens with one attached hydrogen (secondary N) is 2. The van der Waals surface area contributed by atoms with Gasteiger partial charge in [-0.1, -0.05) is 0 Å². The molecule has 0 radical (unpaired) electrons. The van der Waals surface area contributed by atoms with Crippen molar-refractivity contribution in [3.8, 4) is 0 Å². The van der Waals surface area contributed by atoms with E-state index in [1.54, 1.807) is 18.6 Å². The topological polar surface area (TPSA) is 70.9 Å². The summed E-state index contributed by atoms with van der Waals surface area (Å²) in [4.78, 5) is 18.5. The van der Waals surface area contributed by atoms with Gasteiger partial charge in [-0.05, 0) is 13.0 Å². The predicted molar refractivity (Wildman–Crippen MR) is 58.1 cm³/mol. The second-order valence-corrected chi connectivity index (χ2v) is 3.52. The summed E-state index contributed by atoms with van der Waals surface area (Å²) in [6, 6.07) is 1.77. The van der Waals surface area contributed by atoms with Crippen molar-refractivity contribution in [3.05, 3.63) is 41.9 Å². The van der Waals surface area contributed by atoms with Gasteiger partial charge in [0.15, 0.2) is 5.76 Å². The first kappa shape index (κ1) is 10.5. The summed E-state index contributed by atoms with van der Waals surface area (Å²) in [6.45, 7) is 2.40. The Morgan fingerprint density at radius 3 is 3.12 bits per heavy atom. The van der Waals surface area contributed by atoms with Crippen LogP contribution in [0.1, 0.15) is 21.8 Å². The maximum Gasteiger partial charge on any atom is 0.287 e. The van der Waals surface area contributed by atoms with E-state index in [4.69, 9.17) is 4.42 Å². The highest BCUT2D eigenvalue weighted by atomic mass is 16.3. The highest BCUT2D eigenvalue weighted by Gasteiger charge is 2.11. The summed E-state index contributed by atoms with van der Waals surface area (Å²) in [5, 5.41) is 2.78. The van der Waals surface area contributed by atoms with Gasteiger partial charge in [0.1, 0.15) is 0 Å². The maximum atomic E-state index is 11.6. The first-order valence-corrected chi connectivity index (χ1v) is 5.07. The van der Waals surface area contributed by atoms with Crippen LogP contribution in [0.25, 0.3) is 0 Å². The third-order valence-corrected chi connectivity index (χ3v) is 2.30. The number of hydrogen-bond acceptors (Lipinski definition) is 3. The van der Waals surface area contributed by atoms with E-state index in [0.29, 0.717) is 12.3 Å². The molecule has 2 aromatic heterocycles. The molecule has 0 fully saturated rings. The van der Waals surface area contributed by atoms with Crippen molar-refractivity contribution in [1.82, 2.24) is 15.3 Å². The fourth-order valence-electron chi connectivity index (χ4n) is 1.42. The number of carbonyl (C=O) groups is 1. The van der Waals surface area contributed by atoms with Crippen LogP contribution in [0.2, 0.25) is 0 Å². The van der Waals surface area contributed by atoms with Crippen molar-refractivity contribution in [2.75, 3.05) is 6.54 Å². The maximum absolute atomic E-state index is 11.6. The summed E-state index contributed by atoms with van der Waals surface area (Å²) in [7, 11) is 0. The molecule has 2 aromatic rings. The van der Waals surface area contributed by atoms with Gasteiger partial charge in [0.2, 0.25) is 0 Å². The minimum atomic E-state index is -0.179. The van der Waals surface area contributed by atoms with Gasteiger partial charge in [0.05, 0.1) is 12.6 Å². The molecule has 1 amide bonds. The fraction of sp³-hybridized carbons (Fsp3) is 0.273. The summed E-state index contributed by atoms with van der Waals surface area (Å²) in [5.41, 5.74) is 1.84. The van der Waals surface area contributed by atoms with E-state index in [0.717, 1.165) is 17.7 Å². The Morgan fingerprint density at radius 1 is 1.62 bits per heavy atom. The Morgan fingerprint density at radius 2 is 2.50 bits per heavy atom. The third-order valence-electron chi connectivity index (χ3n) is 2.30. The molecule has 0 aliphatic heterocycles. The Bertz CT molecular complexity index is 459. The van der Waals surface area contributed by atoms with Crippen LogP contribution in [-0.2, 0) is 6.42 Å². The van der Waals surface area contributed by atoms with E-state index in [-0.39, 0.29) is 5.91 Å². The first-order chi connectivity index (χ1) is 7.77. The average Bonchev–Trinajstić information content (AvgIpc) is 2.88. The van der Waals surface area contributed by atoms with Crippen LogP contribution in [0.15, 0.2) is 29.3 Å². The lowest BCUT2D eigenvalue weighted by Gasteiger charge is -2.02. The number of carbonyl (C=O) groups excluding carboxylic acids is 1. The molecule has 0 unspecified atom stereocenters. The van der Waals surface area contributed by atoms with Crippen LogP contribution in [-0.4, -0.2) is 22.4 Å². The normalized spacial score (nSPS) is 10.3. The number of aryl methyl sites for hydroxylation is 1. The standard InChI is InChI=1S/C11H13N3O2/c1-8-3-5-16-10(8)11(15)13-4-2-9-6-12-7-14-9/h3,5-7H,2,4H2,1H3,(H,12,14)(H,13,15). The van der Waals surface area contributed by atoms with Gasteiger partial charge in [-0.15, -0.1) is 0 Å². The Labute approximate surface area is 92.9 Å². The molecule has 0 atom stereocenters. The number of H-pyrrole nitrogens is 1. The molecular weight excluding hydrogens is 206 g/mol. The minimum absolute atomic E-state index is 0.179. The van der Waals surface area contributed by atoms with Crippen molar-refractivity contribution >= 4 is 5.91 Å². The van der Waals surface area contributed by atoms with Gasteiger partial charge in [-0.3, -0.25) is 4.79 Å². The average molecular weight is 219 g/mol. The van der Waals surface area contributed by atoms with E-state index in [1.165, 1.54) is 6.26 Å². The number of amides is 1. The largest absolute Gasteiger partial charge is 0.459 e. The number of nitrogens with zero attached hydrogens (tertiary/aromatic N) is 1. The molecule has 0 aromatic carbocycles. The molecule has 0 saturated carbocycles. The molecule has 0 saturated heterocycles. The molecule has 0 aliphatic carbocycles. The molecule has 5 heteroatoms. The van der Waals surface area contributed by atoms with E-state index in [9.17, 15) is 4.79 Å². The van der Waals surface area contributed by atoms with Crippen molar-refractivity contribution in [3.63, 3.8) is 0 Å². The van der Waals surface area contributed by atoms with Gasteiger partial charge in [0, 0.05) is 30.4 Å². The molecular formula is C11H13N3O2. The summed E-state index contributed by atoms with van der Waals surface area (Å²) >= 11 is 0. The van der Waals surface area contributed by atoms with E-state index in [2.05, 4.69) is 15.3 Å². The van der Waals surface area contributed by atoms with Crippen LogP contribution >= 0.6 is 0 Å². The summed E-state index contributed by atoms with van der Waals surface area (Å²) < 4.78 is 5.08. The van der Waals surface area contributed by atoms with Gasteiger partial charge in [-0.25, -0.2) is 4.98 Å². The highest BCUT2D eigenvalue weighted by molar-refractivity contribution is 5.92. The molecule has 0 aliphatic rings. The smallest absolute Gasteiger partial charge is 0.287 e. The molecule has 16 heavy (non-hydrogen) atoms. The Kier molecular flexibility index (Phi) is 3.05. The lowest BCUT2D eigenvalue weighted by Crippen LogP contribution is -2.25. The molecule has 2 rings (SSSR count). The molecule has 0 spiro atoms. The lowest BCUT2D eigenvalue weighted by molar-refractivity contribution is 0.0925. The van der Waals surface area contributed by atoms with Gasteiger partial charge < -0.3 is 14.7 Å². The molecule has 2 heterocycles. The second-order valence-electron chi connectivity index (χ2n) is 3.52.